The molecule has 0 atom stereocenters. The summed E-state index contributed by atoms with van der Waals surface area (Å²) in [5.41, 5.74) is 6.24. The fourth-order valence-corrected chi connectivity index (χ4v) is 4.27. The molecule has 0 aliphatic carbocycles. The van der Waals surface area contributed by atoms with Crippen molar-refractivity contribution in [3.05, 3.63) is 24.3 Å². The number of anilines is 1. The molecular formula is C13H20N2O3S2. The lowest BCUT2D eigenvalue weighted by molar-refractivity contribution is 0.341. The smallest absolute Gasteiger partial charge is 0.215 e. The van der Waals surface area contributed by atoms with E-state index in [0.29, 0.717) is 11.4 Å². The molecule has 0 aromatic heterocycles. The lowest BCUT2D eigenvalue weighted by atomic mass is 10.2. The highest BCUT2D eigenvalue weighted by molar-refractivity contribution is 7.99. The number of ether oxygens (including phenoxy) is 1. The second-order valence-electron chi connectivity index (χ2n) is 4.71. The Morgan fingerprint density at radius 1 is 1.30 bits per heavy atom. The average Bonchev–Trinajstić information content (AvgIpc) is 2.41. The van der Waals surface area contributed by atoms with Gasteiger partial charge in [0.1, 0.15) is 12.4 Å². The first-order chi connectivity index (χ1) is 9.57. The van der Waals surface area contributed by atoms with E-state index in [2.05, 4.69) is 4.72 Å². The standard InChI is InChI=1S/C13H20N2O3S2/c14-12-3-1-2-4-13(12)18-7-10-20(16,17)15-11-5-8-19-9-6-11/h1-4,11,15H,5-10,14H2. The molecule has 7 heteroatoms. The lowest BCUT2D eigenvalue weighted by Gasteiger charge is -2.22. The molecular weight excluding hydrogens is 296 g/mol. The molecule has 20 heavy (non-hydrogen) atoms. The van der Waals surface area contributed by atoms with Gasteiger partial charge in [0, 0.05) is 6.04 Å². The van der Waals surface area contributed by atoms with Gasteiger partial charge in [-0.15, -0.1) is 0 Å². The maximum atomic E-state index is 11.9. The van der Waals surface area contributed by atoms with Crippen LogP contribution in [-0.2, 0) is 10.0 Å². The van der Waals surface area contributed by atoms with Crippen molar-refractivity contribution in [2.24, 2.45) is 0 Å². The first-order valence-electron chi connectivity index (χ1n) is 6.62. The number of nitrogen functional groups attached to an aromatic ring is 1. The van der Waals surface area contributed by atoms with Crippen molar-refractivity contribution >= 4 is 27.5 Å². The summed E-state index contributed by atoms with van der Waals surface area (Å²) in [7, 11) is -3.29. The molecule has 0 radical (unpaired) electrons. The Bertz CT molecular complexity index is 528. The van der Waals surface area contributed by atoms with Crippen LogP contribution < -0.4 is 15.2 Å². The number of nitrogens with two attached hydrogens (primary N) is 1. The van der Waals surface area contributed by atoms with Crippen LogP contribution in [0.25, 0.3) is 0 Å². The molecule has 5 nitrogen and oxygen atoms in total. The van der Waals surface area contributed by atoms with Gasteiger partial charge in [0.15, 0.2) is 0 Å². The minimum Gasteiger partial charge on any atom is -0.490 e. The van der Waals surface area contributed by atoms with E-state index in [-0.39, 0.29) is 18.4 Å². The first kappa shape index (κ1) is 15.5. The number of benzene rings is 1. The quantitative estimate of drug-likeness (QED) is 0.777. The lowest BCUT2D eigenvalue weighted by Crippen LogP contribution is -2.39. The van der Waals surface area contributed by atoms with Crippen molar-refractivity contribution < 1.29 is 13.2 Å². The molecule has 1 heterocycles. The first-order valence-corrected chi connectivity index (χ1v) is 9.42. The van der Waals surface area contributed by atoms with Crippen molar-refractivity contribution in [1.82, 2.24) is 4.72 Å². The molecule has 1 aliphatic rings. The Balaban J connectivity index is 1.79. The van der Waals surface area contributed by atoms with Gasteiger partial charge in [-0.1, -0.05) is 12.1 Å². The number of rotatable bonds is 6. The molecule has 3 N–H and O–H groups in total. The number of para-hydroxylation sites is 2. The molecule has 0 bridgehead atoms. The van der Waals surface area contributed by atoms with E-state index >= 15 is 0 Å². The minimum atomic E-state index is -3.29. The van der Waals surface area contributed by atoms with Gasteiger partial charge in [0.05, 0.1) is 11.4 Å². The predicted octanol–water partition coefficient (Wildman–Crippen LogP) is 1.46. The zero-order chi connectivity index (χ0) is 14.4. The molecule has 1 aromatic rings. The van der Waals surface area contributed by atoms with E-state index in [1.807, 2.05) is 17.8 Å². The molecule has 1 saturated heterocycles. The second kappa shape index (κ2) is 7.19. The topological polar surface area (TPSA) is 81.4 Å². The highest BCUT2D eigenvalue weighted by Gasteiger charge is 2.20. The van der Waals surface area contributed by atoms with Crippen LogP contribution >= 0.6 is 11.8 Å². The molecule has 2 rings (SSSR count). The zero-order valence-electron chi connectivity index (χ0n) is 11.2. The van der Waals surface area contributed by atoms with Gasteiger partial charge in [0.25, 0.3) is 0 Å². The van der Waals surface area contributed by atoms with Gasteiger partial charge in [-0.25, -0.2) is 13.1 Å². The van der Waals surface area contributed by atoms with E-state index in [0.717, 1.165) is 24.3 Å². The average molecular weight is 316 g/mol. The normalized spacial score (nSPS) is 17.0. The Hall–Kier alpha value is -0.920. The van der Waals surface area contributed by atoms with E-state index in [9.17, 15) is 8.42 Å². The van der Waals surface area contributed by atoms with E-state index in [1.54, 1.807) is 18.2 Å². The molecule has 112 valence electrons. The van der Waals surface area contributed by atoms with Gasteiger partial charge in [-0.3, -0.25) is 0 Å². The number of hydrogen-bond donors (Lipinski definition) is 2. The summed E-state index contributed by atoms with van der Waals surface area (Å²) in [6, 6.07) is 7.14. The summed E-state index contributed by atoms with van der Waals surface area (Å²) in [5, 5.41) is 0. The third-order valence-electron chi connectivity index (χ3n) is 3.10. The van der Waals surface area contributed by atoms with Gasteiger partial charge in [0.2, 0.25) is 10.0 Å². The summed E-state index contributed by atoms with van der Waals surface area (Å²) < 4.78 is 32.0. The van der Waals surface area contributed by atoms with Gasteiger partial charge < -0.3 is 10.5 Å². The molecule has 0 saturated carbocycles. The highest BCUT2D eigenvalue weighted by Crippen LogP contribution is 2.20. The third-order valence-corrected chi connectivity index (χ3v) is 5.54. The van der Waals surface area contributed by atoms with Crippen LogP contribution in [0, 0.1) is 0 Å². The van der Waals surface area contributed by atoms with Crippen molar-refractivity contribution in [2.75, 3.05) is 29.6 Å². The molecule has 0 amide bonds. The van der Waals surface area contributed by atoms with Crippen LogP contribution in [0.3, 0.4) is 0 Å². The van der Waals surface area contributed by atoms with Crippen LogP contribution in [0.2, 0.25) is 0 Å². The van der Waals surface area contributed by atoms with Gasteiger partial charge >= 0.3 is 0 Å². The minimum absolute atomic E-state index is 0.0506. The van der Waals surface area contributed by atoms with Crippen LogP contribution in [0.4, 0.5) is 5.69 Å². The van der Waals surface area contributed by atoms with E-state index in [4.69, 9.17) is 10.5 Å². The molecule has 1 aromatic carbocycles. The number of thioether (sulfide) groups is 1. The van der Waals surface area contributed by atoms with Gasteiger partial charge in [-0.05, 0) is 36.5 Å². The summed E-state index contributed by atoms with van der Waals surface area (Å²) in [6.45, 7) is 0.102. The van der Waals surface area contributed by atoms with Crippen LogP contribution in [0.5, 0.6) is 5.75 Å². The SMILES string of the molecule is Nc1ccccc1OCCS(=O)(=O)NC1CCSCC1. The van der Waals surface area contributed by atoms with Crippen LogP contribution in [0.15, 0.2) is 24.3 Å². The Labute approximate surface area is 124 Å². The maximum absolute atomic E-state index is 11.9. The Kier molecular flexibility index (Phi) is 5.56. The molecule has 1 fully saturated rings. The summed E-state index contributed by atoms with van der Waals surface area (Å²) in [5.74, 6) is 2.51. The van der Waals surface area contributed by atoms with Crippen LogP contribution in [0.1, 0.15) is 12.8 Å². The van der Waals surface area contributed by atoms with Crippen molar-refractivity contribution in [2.45, 2.75) is 18.9 Å². The molecule has 0 unspecified atom stereocenters. The van der Waals surface area contributed by atoms with Gasteiger partial charge in [-0.2, -0.15) is 11.8 Å². The van der Waals surface area contributed by atoms with Crippen molar-refractivity contribution in [3.8, 4) is 5.75 Å². The Morgan fingerprint density at radius 3 is 2.70 bits per heavy atom. The van der Waals surface area contributed by atoms with Crippen molar-refractivity contribution in [1.29, 1.82) is 0 Å². The summed E-state index contributed by atoms with van der Waals surface area (Å²) in [4.78, 5) is 0. The number of sulfonamides is 1. The van der Waals surface area contributed by atoms with E-state index in [1.165, 1.54) is 0 Å². The fraction of sp³-hybridized carbons (Fsp3) is 0.538. The Morgan fingerprint density at radius 2 is 2.00 bits per heavy atom. The number of hydrogen-bond acceptors (Lipinski definition) is 5. The van der Waals surface area contributed by atoms with Crippen LogP contribution in [-0.4, -0.2) is 38.3 Å². The largest absolute Gasteiger partial charge is 0.490 e. The van der Waals surface area contributed by atoms with Crippen molar-refractivity contribution in [3.63, 3.8) is 0 Å². The second-order valence-corrected chi connectivity index (χ2v) is 7.81. The van der Waals surface area contributed by atoms with E-state index < -0.39 is 10.0 Å². The third kappa shape index (κ3) is 4.88. The fourth-order valence-electron chi connectivity index (χ4n) is 2.00. The zero-order valence-corrected chi connectivity index (χ0v) is 12.9. The molecule has 0 spiro atoms. The monoisotopic (exact) mass is 316 g/mol. The molecule has 1 aliphatic heterocycles. The maximum Gasteiger partial charge on any atom is 0.215 e. The number of nitrogens with one attached hydrogen (secondary N) is 1. The predicted molar refractivity (Wildman–Crippen MR) is 83.6 cm³/mol. The summed E-state index contributed by atoms with van der Waals surface area (Å²) in [6.07, 6.45) is 1.80. The summed E-state index contributed by atoms with van der Waals surface area (Å²) >= 11 is 1.87. The highest BCUT2D eigenvalue weighted by atomic mass is 32.2.